The fourth-order valence-corrected chi connectivity index (χ4v) is 3.76. The molecule has 0 spiro atoms. The van der Waals surface area contributed by atoms with Gasteiger partial charge in [0.25, 0.3) is 0 Å². The molecule has 10 heteroatoms. The predicted molar refractivity (Wildman–Crippen MR) is 120 cm³/mol. The van der Waals surface area contributed by atoms with Gasteiger partial charge in [0.15, 0.2) is 5.76 Å². The van der Waals surface area contributed by atoms with Crippen molar-refractivity contribution in [1.82, 2.24) is 5.16 Å². The van der Waals surface area contributed by atoms with Crippen LogP contribution in [-0.4, -0.2) is 25.3 Å². The number of nitriles is 1. The van der Waals surface area contributed by atoms with Crippen LogP contribution in [0.2, 0.25) is 15.1 Å². The van der Waals surface area contributed by atoms with Crippen LogP contribution in [0.1, 0.15) is 11.3 Å². The minimum absolute atomic E-state index is 0.148. The largest absolute Gasteiger partial charge is 0.376 e. The zero-order chi connectivity index (χ0) is 22.0. The monoisotopic (exact) mass is 463 g/mol. The van der Waals surface area contributed by atoms with Gasteiger partial charge in [0, 0.05) is 19.7 Å². The van der Waals surface area contributed by atoms with E-state index < -0.39 is 6.03 Å². The Kier molecular flexibility index (Phi) is 6.42. The number of urea groups is 1. The number of aromatic nitrogens is 1. The Bertz CT molecular complexity index is 1150. The van der Waals surface area contributed by atoms with Crippen LogP contribution in [-0.2, 0) is 0 Å². The van der Waals surface area contributed by atoms with E-state index >= 15 is 0 Å². The molecule has 0 saturated carbocycles. The summed E-state index contributed by atoms with van der Waals surface area (Å²) in [6, 6.07) is 9.73. The highest BCUT2D eigenvalue weighted by Gasteiger charge is 2.22. The summed E-state index contributed by atoms with van der Waals surface area (Å²) in [5.41, 5.74) is 2.09. The standard InChI is InChI=1S/C20H16Cl3N5O2/c1-10-18(19(27-30-10)16-12(21)5-4-6-13(16)22)26-20(29)25-14-7-8-15(28(2)3)17(23)11(14)9-24/h4-8H,1-3H3,(H2,25,26,29). The van der Waals surface area contributed by atoms with Gasteiger partial charge in [-0.25, -0.2) is 4.79 Å². The van der Waals surface area contributed by atoms with E-state index in [0.717, 1.165) is 0 Å². The van der Waals surface area contributed by atoms with E-state index in [1.165, 1.54) is 0 Å². The first-order valence-electron chi connectivity index (χ1n) is 8.63. The maximum absolute atomic E-state index is 12.7. The first-order valence-corrected chi connectivity index (χ1v) is 9.76. The molecule has 0 aliphatic carbocycles. The average molecular weight is 465 g/mol. The number of nitrogens with one attached hydrogen (secondary N) is 2. The normalized spacial score (nSPS) is 10.4. The summed E-state index contributed by atoms with van der Waals surface area (Å²) in [5.74, 6) is 0.359. The van der Waals surface area contributed by atoms with Gasteiger partial charge in [-0.1, -0.05) is 46.0 Å². The van der Waals surface area contributed by atoms with Gasteiger partial charge in [-0.2, -0.15) is 5.26 Å². The van der Waals surface area contributed by atoms with Gasteiger partial charge in [-0.3, -0.25) is 0 Å². The third-order valence-corrected chi connectivity index (χ3v) is 5.28. The van der Waals surface area contributed by atoms with Crippen LogP contribution in [0.3, 0.4) is 0 Å². The molecule has 30 heavy (non-hydrogen) atoms. The van der Waals surface area contributed by atoms with Crippen LogP contribution in [0.25, 0.3) is 11.3 Å². The number of rotatable bonds is 4. The highest BCUT2D eigenvalue weighted by Crippen LogP contribution is 2.39. The summed E-state index contributed by atoms with van der Waals surface area (Å²) < 4.78 is 5.23. The van der Waals surface area contributed by atoms with E-state index in [4.69, 9.17) is 39.3 Å². The number of halogens is 3. The quantitative estimate of drug-likeness (QED) is 0.480. The Balaban J connectivity index is 1.92. The summed E-state index contributed by atoms with van der Waals surface area (Å²) >= 11 is 18.8. The molecule has 0 fully saturated rings. The lowest BCUT2D eigenvalue weighted by Gasteiger charge is -2.17. The Morgan fingerprint density at radius 3 is 2.40 bits per heavy atom. The molecule has 2 aromatic carbocycles. The van der Waals surface area contributed by atoms with E-state index in [1.807, 2.05) is 6.07 Å². The van der Waals surface area contributed by atoms with Crippen molar-refractivity contribution in [2.45, 2.75) is 6.92 Å². The summed E-state index contributed by atoms with van der Waals surface area (Å²) in [6.07, 6.45) is 0. The number of aryl methyl sites for hydroxylation is 1. The summed E-state index contributed by atoms with van der Waals surface area (Å²) in [5, 5.41) is 19.7. The van der Waals surface area contributed by atoms with Crippen molar-refractivity contribution in [2.75, 3.05) is 29.6 Å². The Morgan fingerprint density at radius 2 is 1.80 bits per heavy atom. The van der Waals surface area contributed by atoms with Gasteiger partial charge < -0.3 is 20.1 Å². The smallest absolute Gasteiger partial charge is 0.323 e. The lowest BCUT2D eigenvalue weighted by Crippen LogP contribution is -2.21. The van der Waals surface area contributed by atoms with Gasteiger partial charge >= 0.3 is 6.03 Å². The highest BCUT2D eigenvalue weighted by atomic mass is 35.5. The minimum atomic E-state index is -0.615. The summed E-state index contributed by atoms with van der Waals surface area (Å²) in [4.78, 5) is 14.4. The molecule has 7 nitrogen and oxygen atoms in total. The van der Waals surface area contributed by atoms with Crippen molar-refractivity contribution >= 4 is 57.9 Å². The average Bonchev–Trinajstić information content (AvgIpc) is 3.02. The number of carbonyl (C=O) groups excluding carboxylic acids is 1. The lowest BCUT2D eigenvalue weighted by atomic mass is 10.1. The van der Waals surface area contributed by atoms with Crippen molar-refractivity contribution in [3.63, 3.8) is 0 Å². The number of amides is 2. The SMILES string of the molecule is Cc1onc(-c2c(Cl)cccc2Cl)c1NC(=O)Nc1ccc(N(C)C)c(Cl)c1C#N. The molecule has 3 rings (SSSR count). The number of nitrogens with zero attached hydrogens (tertiary/aromatic N) is 3. The molecule has 2 amide bonds. The molecule has 0 atom stereocenters. The molecule has 1 heterocycles. The zero-order valence-electron chi connectivity index (χ0n) is 16.2. The molecule has 154 valence electrons. The minimum Gasteiger partial charge on any atom is -0.376 e. The van der Waals surface area contributed by atoms with Crippen LogP contribution >= 0.6 is 34.8 Å². The van der Waals surface area contributed by atoms with E-state index in [-0.39, 0.29) is 16.3 Å². The van der Waals surface area contributed by atoms with Crippen LogP contribution in [0.5, 0.6) is 0 Å². The first-order chi connectivity index (χ1) is 14.2. The molecule has 0 aliphatic heterocycles. The van der Waals surface area contributed by atoms with Gasteiger partial charge in [0.05, 0.1) is 32.0 Å². The number of hydrogen-bond acceptors (Lipinski definition) is 5. The van der Waals surface area contributed by atoms with E-state index in [9.17, 15) is 10.1 Å². The molecule has 1 aromatic heterocycles. The second-order valence-electron chi connectivity index (χ2n) is 6.47. The predicted octanol–water partition coefficient (Wildman–Crippen LogP) is 6.19. The molecular formula is C20H16Cl3N5O2. The summed E-state index contributed by atoms with van der Waals surface area (Å²) in [6.45, 7) is 1.64. The van der Waals surface area contributed by atoms with Gasteiger partial charge in [0.2, 0.25) is 0 Å². The first kappa shape index (κ1) is 21.8. The molecule has 3 aromatic rings. The number of benzene rings is 2. The second kappa shape index (κ2) is 8.84. The third kappa shape index (κ3) is 4.17. The topological polar surface area (TPSA) is 94.2 Å². The van der Waals surface area contributed by atoms with E-state index in [2.05, 4.69) is 15.8 Å². The van der Waals surface area contributed by atoms with Gasteiger partial charge in [-0.15, -0.1) is 0 Å². The molecule has 0 bridgehead atoms. The Labute approximate surface area is 188 Å². The van der Waals surface area contributed by atoms with Gasteiger partial charge in [-0.05, 0) is 31.2 Å². The fraction of sp³-hybridized carbons (Fsp3) is 0.150. The molecule has 2 N–H and O–H groups in total. The van der Waals surface area contributed by atoms with Crippen molar-refractivity contribution in [2.24, 2.45) is 0 Å². The van der Waals surface area contributed by atoms with E-state index in [0.29, 0.717) is 38.4 Å². The van der Waals surface area contributed by atoms with Crippen LogP contribution in [0, 0.1) is 18.3 Å². The van der Waals surface area contributed by atoms with Gasteiger partial charge in [0.1, 0.15) is 17.5 Å². The second-order valence-corrected chi connectivity index (χ2v) is 7.66. The van der Waals surface area contributed by atoms with E-state index in [1.54, 1.807) is 56.3 Å². The molecule has 0 saturated heterocycles. The highest BCUT2D eigenvalue weighted by molar-refractivity contribution is 6.39. The fourth-order valence-electron chi connectivity index (χ4n) is 2.81. The maximum Gasteiger partial charge on any atom is 0.323 e. The number of carbonyl (C=O) groups is 1. The van der Waals surface area contributed by atoms with Crippen LogP contribution < -0.4 is 15.5 Å². The lowest BCUT2D eigenvalue weighted by molar-refractivity contribution is 0.262. The Morgan fingerprint density at radius 1 is 1.13 bits per heavy atom. The van der Waals surface area contributed by atoms with Crippen LogP contribution in [0.15, 0.2) is 34.9 Å². The summed E-state index contributed by atoms with van der Waals surface area (Å²) in [7, 11) is 3.61. The number of anilines is 3. The van der Waals surface area contributed by atoms with Crippen molar-refractivity contribution in [1.29, 1.82) is 5.26 Å². The molecule has 0 unspecified atom stereocenters. The van der Waals surface area contributed by atoms with Crippen molar-refractivity contribution < 1.29 is 9.32 Å². The van der Waals surface area contributed by atoms with Crippen molar-refractivity contribution in [3.8, 4) is 17.3 Å². The Hall–Kier alpha value is -2.92. The third-order valence-electron chi connectivity index (χ3n) is 4.26. The molecule has 0 aliphatic rings. The molecule has 0 radical (unpaired) electrons. The number of hydrogen-bond donors (Lipinski definition) is 2. The maximum atomic E-state index is 12.7. The van der Waals surface area contributed by atoms with Crippen LogP contribution in [0.4, 0.5) is 21.9 Å². The van der Waals surface area contributed by atoms with Crippen molar-refractivity contribution in [3.05, 3.63) is 56.7 Å². The molecular weight excluding hydrogens is 449 g/mol. The zero-order valence-corrected chi connectivity index (χ0v) is 18.4.